The number of carbonyl (C=O) groups excluding carboxylic acids is 1. The van der Waals surface area contributed by atoms with Crippen LogP contribution in [0.1, 0.15) is 20.8 Å². The SMILES string of the molecule is CN[C@H](C)C=O.COC(C)C. The Balaban J connectivity index is 0. The number of likely N-dealkylation sites (N-methyl/N-ethyl adjacent to an activating group) is 1. The molecule has 0 aromatic carbocycles. The third-order valence-corrected chi connectivity index (χ3v) is 1.13. The average molecular weight is 161 g/mol. The molecule has 1 atom stereocenters. The van der Waals surface area contributed by atoms with Gasteiger partial charge in [0.15, 0.2) is 0 Å². The highest BCUT2D eigenvalue weighted by Crippen LogP contribution is 1.77. The summed E-state index contributed by atoms with van der Waals surface area (Å²) in [6, 6.07) is 0.00463. The topological polar surface area (TPSA) is 38.3 Å². The van der Waals surface area contributed by atoms with Crippen molar-refractivity contribution in [2.75, 3.05) is 14.2 Å². The number of nitrogens with one attached hydrogen (secondary N) is 1. The van der Waals surface area contributed by atoms with Crippen LogP contribution in [0.15, 0.2) is 0 Å². The molecule has 68 valence electrons. The van der Waals surface area contributed by atoms with E-state index in [1.807, 2.05) is 13.8 Å². The molecule has 0 aliphatic carbocycles. The number of aldehydes is 1. The monoisotopic (exact) mass is 161 g/mol. The minimum Gasteiger partial charge on any atom is -0.382 e. The fourth-order valence-electron chi connectivity index (χ4n) is 0.0680. The van der Waals surface area contributed by atoms with Gasteiger partial charge in [0.1, 0.15) is 6.29 Å². The summed E-state index contributed by atoms with van der Waals surface area (Å²) in [5.41, 5.74) is 0. The Kier molecular flexibility index (Phi) is 11.5. The Morgan fingerprint density at radius 2 is 1.73 bits per heavy atom. The van der Waals surface area contributed by atoms with Crippen molar-refractivity contribution in [2.24, 2.45) is 0 Å². The first-order valence-electron chi connectivity index (χ1n) is 3.73. The quantitative estimate of drug-likeness (QED) is 0.623. The van der Waals surface area contributed by atoms with E-state index in [0.29, 0.717) is 6.10 Å². The molecule has 0 aromatic heterocycles. The second-order valence-electron chi connectivity index (χ2n) is 2.50. The highest BCUT2D eigenvalue weighted by Gasteiger charge is 1.86. The van der Waals surface area contributed by atoms with Crippen molar-refractivity contribution in [1.29, 1.82) is 0 Å². The molecule has 0 aliphatic heterocycles. The van der Waals surface area contributed by atoms with E-state index in [4.69, 9.17) is 4.74 Å². The molecule has 0 bridgehead atoms. The summed E-state index contributed by atoms with van der Waals surface area (Å²) in [5, 5.41) is 2.75. The maximum absolute atomic E-state index is 9.67. The van der Waals surface area contributed by atoms with Gasteiger partial charge in [-0.2, -0.15) is 0 Å². The van der Waals surface area contributed by atoms with Gasteiger partial charge in [0.25, 0.3) is 0 Å². The minimum atomic E-state index is 0.00463. The average Bonchev–Trinajstić information content (AvgIpc) is 2.04. The van der Waals surface area contributed by atoms with E-state index in [0.717, 1.165) is 6.29 Å². The Morgan fingerprint density at radius 3 is 1.73 bits per heavy atom. The second-order valence-corrected chi connectivity index (χ2v) is 2.50. The molecule has 3 nitrogen and oxygen atoms in total. The Morgan fingerprint density at radius 1 is 1.36 bits per heavy atom. The fraction of sp³-hybridized carbons (Fsp3) is 0.875. The van der Waals surface area contributed by atoms with Crippen LogP contribution in [0.4, 0.5) is 0 Å². The van der Waals surface area contributed by atoms with Gasteiger partial charge >= 0.3 is 0 Å². The zero-order chi connectivity index (χ0) is 9.28. The Hall–Kier alpha value is -0.410. The lowest BCUT2D eigenvalue weighted by atomic mass is 10.4. The molecular formula is C8H19NO2. The van der Waals surface area contributed by atoms with Crippen molar-refractivity contribution in [3.63, 3.8) is 0 Å². The van der Waals surface area contributed by atoms with Crippen molar-refractivity contribution >= 4 is 6.29 Å². The maximum atomic E-state index is 9.67. The van der Waals surface area contributed by atoms with Crippen molar-refractivity contribution < 1.29 is 9.53 Å². The van der Waals surface area contributed by atoms with Crippen LogP contribution in [0, 0.1) is 0 Å². The molecule has 0 fully saturated rings. The molecular weight excluding hydrogens is 142 g/mol. The molecule has 0 aliphatic rings. The van der Waals surface area contributed by atoms with Crippen LogP contribution in [0.2, 0.25) is 0 Å². The lowest BCUT2D eigenvalue weighted by Gasteiger charge is -1.94. The van der Waals surface area contributed by atoms with E-state index in [-0.39, 0.29) is 6.04 Å². The van der Waals surface area contributed by atoms with Gasteiger partial charge in [-0.3, -0.25) is 0 Å². The predicted molar refractivity (Wildman–Crippen MR) is 46.7 cm³/mol. The zero-order valence-electron chi connectivity index (χ0n) is 8.05. The van der Waals surface area contributed by atoms with Crippen LogP contribution in [0.5, 0.6) is 0 Å². The summed E-state index contributed by atoms with van der Waals surface area (Å²) in [5.74, 6) is 0. The van der Waals surface area contributed by atoms with Crippen LogP contribution in [0.25, 0.3) is 0 Å². The van der Waals surface area contributed by atoms with Gasteiger partial charge in [-0.15, -0.1) is 0 Å². The van der Waals surface area contributed by atoms with Gasteiger partial charge in [-0.25, -0.2) is 0 Å². The number of rotatable bonds is 3. The van der Waals surface area contributed by atoms with E-state index in [1.54, 1.807) is 21.1 Å². The number of hydrogen-bond acceptors (Lipinski definition) is 3. The molecule has 11 heavy (non-hydrogen) atoms. The van der Waals surface area contributed by atoms with Crippen molar-refractivity contribution in [1.82, 2.24) is 5.32 Å². The first-order chi connectivity index (χ1) is 5.08. The molecule has 0 rings (SSSR count). The largest absolute Gasteiger partial charge is 0.382 e. The van der Waals surface area contributed by atoms with Gasteiger partial charge in [0, 0.05) is 7.11 Å². The summed E-state index contributed by atoms with van der Waals surface area (Å²) >= 11 is 0. The lowest BCUT2D eigenvalue weighted by molar-refractivity contribution is -0.109. The molecule has 0 radical (unpaired) electrons. The van der Waals surface area contributed by atoms with Gasteiger partial charge < -0.3 is 14.8 Å². The summed E-state index contributed by atoms with van der Waals surface area (Å²) < 4.78 is 4.75. The zero-order valence-corrected chi connectivity index (χ0v) is 8.05. The van der Waals surface area contributed by atoms with Gasteiger partial charge in [0.2, 0.25) is 0 Å². The molecule has 3 heteroatoms. The van der Waals surface area contributed by atoms with Crippen LogP contribution in [-0.2, 0) is 9.53 Å². The summed E-state index contributed by atoms with van der Waals surface area (Å²) in [4.78, 5) is 9.67. The standard InChI is InChI=1S/C4H9NO.C4H10O/c1-4(3-6)5-2;1-4(2)5-3/h3-5H,1-2H3;4H,1-3H3/t4-;/m1./s1. The fourth-order valence-corrected chi connectivity index (χ4v) is 0.0680. The van der Waals surface area contributed by atoms with Crippen LogP contribution in [0.3, 0.4) is 0 Å². The molecule has 0 unspecified atom stereocenters. The normalized spacial score (nSPS) is 11.8. The summed E-state index contributed by atoms with van der Waals surface area (Å²) in [6.45, 7) is 5.80. The summed E-state index contributed by atoms with van der Waals surface area (Å²) in [7, 11) is 3.45. The van der Waals surface area contributed by atoms with E-state index in [1.165, 1.54) is 0 Å². The number of carbonyl (C=O) groups is 1. The Bertz CT molecular complexity index is 84.2. The Labute approximate surface area is 69.1 Å². The smallest absolute Gasteiger partial charge is 0.136 e. The number of ether oxygens (including phenoxy) is 1. The molecule has 0 saturated heterocycles. The van der Waals surface area contributed by atoms with Crippen LogP contribution >= 0.6 is 0 Å². The first kappa shape index (κ1) is 13.2. The van der Waals surface area contributed by atoms with E-state index >= 15 is 0 Å². The van der Waals surface area contributed by atoms with Gasteiger partial charge in [-0.05, 0) is 27.8 Å². The third kappa shape index (κ3) is 17.7. The van der Waals surface area contributed by atoms with Crippen molar-refractivity contribution in [3.05, 3.63) is 0 Å². The van der Waals surface area contributed by atoms with Crippen LogP contribution < -0.4 is 5.32 Å². The van der Waals surface area contributed by atoms with E-state index < -0.39 is 0 Å². The maximum Gasteiger partial charge on any atom is 0.136 e. The van der Waals surface area contributed by atoms with Crippen LogP contribution in [-0.4, -0.2) is 32.6 Å². The minimum absolute atomic E-state index is 0.00463. The molecule has 0 saturated carbocycles. The highest BCUT2D eigenvalue weighted by atomic mass is 16.5. The molecule has 0 amide bonds. The molecule has 0 spiro atoms. The lowest BCUT2D eigenvalue weighted by Crippen LogP contribution is -2.21. The van der Waals surface area contributed by atoms with E-state index in [2.05, 4.69) is 5.32 Å². The molecule has 0 aromatic rings. The first-order valence-corrected chi connectivity index (χ1v) is 3.73. The summed E-state index contributed by atoms with van der Waals surface area (Å²) in [6.07, 6.45) is 1.25. The van der Waals surface area contributed by atoms with Crippen molar-refractivity contribution in [2.45, 2.75) is 32.9 Å². The van der Waals surface area contributed by atoms with Crippen molar-refractivity contribution in [3.8, 4) is 0 Å². The second kappa shape index (κ2) is 9.59. The third-order valence-electron chi connectivity index (χ3n) is 1.13. The van der Waals surface area contributed by atoms with E-state index in [9.17, 15) is 4.79 Å². The number of hydrogen-bond donors (Lipinski definition) is 1. The highest BCUT2D eigenvalue weighted by molar-refractivity contribution is 5.56. The number of methoxy groups -OCH3 is 1. The predicted octanol–water partition coefficient (Wildman–Crippen LogP) is 0.834. The van der Waals surface area contributed by atoms with Gasteiger partial charge in [-0.1, -0.05) is 0 Å². The molecule has 0 heterocycles. The van der Waals surface area contributed by atoms with Gasteiger partial charge in [0.05, 0.1) is 12.1 Å². The molecule has 1 N–H and O–H groups in total.